The molecule has 96 valence electrons. The molecule has 0 atom stereocenters. The van der Waals surface area contributed by atoms with Gasteiger partial charge >= 0.3 is 0 Å². The van der Waals surface area contributed by atoms with Crippen LogP contribution in [0.3, 0.4) is 0 Å². The Kier molecular flexibility index (Phi) is 4.87. The zero-order valence-electron chi connectivity index (χ0n) is 10.7. The second-order valence-electron chi connectivity index (χ2n) is 4.46. The highest BCUT2D eigenvalue weighted by atomic mass is 32.1. The van der Waals surface area contributed by atoms with Gasteiger partial charge in [-0.05, 0) is 31.1 Å². The molecule has 0 unspecified atom stereocenters. The van der Waals surface area contributed by atoms with Gasteiger partial charge < -0.3 is 5.73 Å². The van der Waals surface area contributed by atoms with E-state index in [9.17, 15) is 0 Å². The second kappa shape index (κ2) is 6.64. The lowest BCUT2D eigenvalue weighted by molar-refractivity contribution is 0.315. The molecule has 2 aromatic rings. The largest absolute Gasteiger partial charge is 0.330 e. The maximum atomic E-state index is 5.65. The van der Waals surface area contributed by atoms with Gasteiger partial charge in [0, 0.05) is 18.5 Å². The van der Waals surface area contributed by atoms with Crippen molar-refractivity contribution in [3.8, 4) is 0 Å². The van der Waals surface area contributed by atoms with Gasteiger partial charge in [0.05, 0.1) is 11.2 Å². The van der Waals surface area contributed by atoms with Crippen LogP contribution in [-0.4, -0.2) is 23.5 Å². The highest BCUT2D eigenvalue weighted by Gasteiger charge is 2.06. The molecule has 0 aliphatic heterocycles. The monoisotopic (exact) mass is 261 g/mol. The van der Waals surface area contributed by atoms with Crippen LogP contribution in [0.5, 0.6) is 0 Å². The van der Waals surface area contributed by atoms with Crippen molar-refractivity contribution in [3.63, 3.8) is 0 Å². The van der Waals surface area contributed by atoms with E-state index in [0.29, 0.717) is 6.54 Å². The van der Waals surface area contributed by atoms with Crippen LogP contribution in [-0.2, 0) is 19.5 Å². The van der Waals surface area contributed by atoms with Gasteiger partial charge in [-0.15, -0.1) is 11.3 Å². The van der Waals surface area contributed by atoms with Crippen LogP contribution in [0.1, 0.15) is 16.8 Å². The van der Waals surface area contributed by atoms with Crippen molar-refractivity contribution in [2.75, 3.05) is 13.6 Å². The predicted octanol–water partition coefficient (Wildman–Crippen LogP) is 2.28. The van der Waals surface area contributed by atoms with Gasteiger partial charge in [-0.1, -0.05) is 24.3 Å². The Hall–Kier alpha value is -1.23. The van der Waals surface area contributed by atoms with Crippen LogP contribution >= 0.6 is 11.3 Å². The molecular formula is C14H19N3S. The Morgan fingerprint density at radius 3 is 2.67 bits per heavy atom. The Labute approximate surface area is 112 Å². The molecule has 0 saturated heterocycles. The van der Waals surface area contributed by atoms with Gasteiger partial charge in [-0.25, -0.2) is 4.98 Å². The molecule has 18 heavy (non-hydrogen) atoms. The van der Waals surface area contributed by atoms with E-state index in [0.717, 1.165) is 25.2 Å². The summed E-state index contributed by atoms with van der Waals surface area (Å²) in [6, 6.07) is 8.52. The lowest BCUT2D eigenvalue weighted by atomic mass is 10.0. The fourth-order valence-electron chi connectivity index (χ4n) is 2.05. The van der Waals surface area contributed by atoms with Gasteiger partial charge in [-0.3, -0.25) is 4.90 Å². The number of nitrogens with zero attached hydrogens (tertiary/aromatic N) is 2. The van der Waals surface area contributed by atoms with E-state index in [-0.39, 0.29) is 0 Å². The van der Waals surface area contributed by atoms with Gasteiger partial charge in [-0.2, -0.15) is 0 Å². The molecule has 0 aliphatic rings. The maximum absolute atomic E-state index is 5.65. The van der Waals surface area contributed by atoms with Crippen molar-refractivity contribution in [1.29, 1.82) is 0 Å². The van der Waals surface area contributed by atoms with Crippen LogP contribution in [0, 0.1) is 0 Å². The molecule has 4 heteroatoms. The molecule has 1 aromatic heterocycles. The van der Waals surface area contributed by atoms with Gasteiger partial charge in [0.1, 0.15) is 0 Å². The first-order valence-corrected chi connectivity index (χ1v) is 7.06. The van der Waals surface area contributed by atoms with Crippen molar-refractivity contribution < 1.29 is 0 Å². The van der Waals surface area contributed by atoms with E-state index in [1.54, 1.807) is 11.3 Å². The van der Waals surface area contributed by atoms with E-state index in [1.165, 1.54) is 11.1 Å². The molecule has 1 aromatic carbocycles. The van der Waals surface area contributed by atoms with Crippen molar-refractivity contribution in [2.45, 2.75) is 19.5 Å². The van der Waals surface area contributed by atoms with Crippen LogP contribution in [0.4, 0.5) is 0 Å². The van der Waals surface area contributed by atoms with E-state index in [4.69, 9.17) is 5.73 Å². The minimum Gasteiger partial charge on any atom is -0.330 e. The number of hydrogen-bond donors (Lipinski definition) is 1. The van der Waals surface area contributed by atoms with Crippen molar-refractivity contribution in [2.24, 2.45) is 5.73 Å². The lowest BCUT2D eigenvalue weighted by Gasteiger charge is -2.17. The Morgan fingerprint density at radius 2 is 2.00 bits per heavy atom. The van der Waals surface area contributed by atoms with Crippen LogP contribution in [0.25, 0.3) is 0 Å². The first-order valence-electron chi connectivity index (χ1n) is 6.12. The summed E-state index contributed by atoms with van der Waals surface area (Å²) in [6.07, 6.45) is 0.945. The third kappa shape index (κ3) is 3.63. The third-order valence-corrected chi connectivity index (χ3v) is 3.52. The summed E-state index contributed by atoms with van der Waals surface area (Å²) >= 11 is 1.64. The van der Waals surface area contributed by atoms with Crippen LogP contribution < -0.4 is 5.73 Å². The standard InChI is InChI=1S/C14H19N3S/c1-17(9-14-10-18-11-16-14)8-13-5-3-2-4-12(13)6-7-15/h2-5,10-11H,6-9,15H2,1H3. The summed E-state index contributed by atoms with van der Waals surface area (Å²) in [5, 5.41) is 2.10. The second-order valence-corrected chi connectivity index (χ2v) is 5.18. The number of aromatic nitrogens is 1. The Morgan fingerprint density at radius 1 is 1.22 bits per heavy atom. The average Bonchev–Trinajstić information content (AvgIpc) is 2.84. The molecular weight excluding hydrogens is 242 g/mol. The summed E-state index contributed by atoms with van der Waals surface area (Å²) < 4.78 is 0. The van der Waals surface area contributed by atoms with Crippen LogP contribution in [0.2, 0.25) is 0 Å². The molecule has 0 amide bonds. The SMILES string of the molecule is CN(Cc1cscn1)Cc1ccccc1CCN. The minimum atomic E-state index is 0.701. The summed E-state index contributed by atoms with van der Waals surface area (Å²) in [7, 11) is 2.12. The number of rotatable bonds is 6. The first kappa shape index (κ1) is 13.2. The maximum Gasteiger partial charge on any atom is 0.0795 e. The summed E-state index contributed by atoms with van der Waals surface area (Å²) in [6.45, 7) is 2.53. The molecule has 0 fully saturated rings. The van der Waals surface area contributed by atoms with Crippen molar-refractivity contribution in [3.05, 3.63) is 52.0 Å². The molecule has 2 rings (SSSR count). The predicted molar refractivity (Wildman–Crippen MR) is 76.5 cm³/mol. The van der Waals surface area contributed by atoms with Gasteiger partial charge in [0.25, 0.3) is 0 Å². The Balaban J connectivity index is 2.00. The molecule has 3 nitrogen and oxygen atoms in total. The van der Waals surface area contributed by atoms with Crippen LogP contribution in [0.15, 0.2) is 35.2 Å². The minimum absolute atomic E-state index is 0.701. The van der Waals surface area contributed by atoms with E-state index < -0.39 is 0 Å². The first-order chi connectivity index (χ1) is 8.79. The van der Waals surface area contributed by atoms with Crippen molar-refractivity contribution >= 4 is 11.3 Å². The number of nitrogens with two attached hydrogens (primary N) is 1. The normalized spacial score (nSPS) is 11.1. The Bertz CT molecular complexity index is 468. The highest BCUT2D eigenvalue weighted by molar-refractivity contribution is 7.07. The molecule has 0 radical (unpaired) electrons. The number of benzene rings is 1. The summed E-state index contributed by atoms with van der Waals surface area (Å²) in [5.74, 6) is 0. The zero-order chi connectivity index (χ0) is 12.8. The molecule has 2 N–H and O–H groups in total. The summed E-state index contributed by atoms with van der Waals surface area (Å²) in [4.78, 5) is 6.60. The molecule has 0 aliphatic carbocycles. The molecule has 1 heterocycles. The number of hydrogen-bond acceptors (Lipinski definition) is 4. The quantitative estimate of drug-likeness (QED) is 0.867. The summed E-state index contributed by atoms with van der Waals surface area (Å²) in [5.41, 5.74) is 11.4. The lowest BCUT2D eigenvalue weighted by Crippen LogP contribution is -2.19. The van der Waals surface area contributed by atoms with E-state index in [2.05, 4.69) is 46.6 Å². The molecule has 0 bridgehead atoms. The zero-order valence-corrected chi connectivity index (χ0v) is 11.5. The topological polar surface area (TPSA) is 42.2 Å². The third-order valence-electron chi connectivity index (χ3n) is 2.89. The van der Waals surface area contributed by atoms with E-state index in [1.807, 2.05) is 5.51 Å². The highest BCUT2D eigenvalue weighted by Crippen LogP contribution is 2.13. The fourth-order valence-corrected chi connectivity index (χ4v) is 2.60. The molecule has 0 spiro atoms. The molecule has 0 saturated carbocycles. The van der Waals surface area contributed by atoms with Gasteiger partial charge in [0.15, 0.2) is 0 Å². The van der Waals surface area contributed by atoms with E-state index >= 15 is 0 Å². The van der Waals surface area contributed by atoms with Crippen molar-refractivity contribution in [1.82, 2.24) is 9.88 Å². The fraction of sp³-hybridized carbons (Fsp3) is 0.357. The average molecular weight is 261 g/mol. The van der Waals surface area contributed by atoms with Gasteiger partial charge in [0.2, 0.25) is 0 Å². The smallest absolute Gasteiger partial charge is 0.0795 e. The number of thiazole rings is 1.